The van der Waals surface area contributed by atoms with Gasteiger partial charge in [0, 0.05) is 14.2 Å². The van der Waals surface area contributed by atoms with Crippen LogP contribution in [-0.4, -0.2) is 5.11 Å². The Morgan fingerprint density at radius 2 is 2.33 bits per heavy atom. The fourth-order valence-electron chi connectivity index (χ4n) is 1.27. The van der Waals surface area contributed by atoms with Crippen LogP contribution in [0.25, 0.3) is 0 Å². The first-order chi connectivity index (χ1) is 5.68. The third kappa shape index (κ3) is 1.58. The summed E-state index contributed by atoms with van der Waals surface area (Å²) in [4.78, 5) is 2.37. The van der Waals surface area contributed by atoms with Gasteiger partial charge in [-0.2, -0.15) is 0 Å². The summed E-state index contributed by atoms with van der Waals surface area (Å²) in [6.07, 6.45) is 2.17. The minimum absolute atomic E-state index is 0.208. The second-order valence-corrected chi connectivity index (χ2v) is 5.48. The predicted octanol–water partition coefficient (Wildman–Crippen LogP) is 3.26. The number of aliphatic hydroxyl groups excluding tert-OH is 1. The molecule has 1 unspecified atom stereocenters. The average molecular weight is 247 g/mol. The van der Waals surface area contributed by atoms with Crippen LogP contribution in [0.4, 0.5) is 0 Å². The SMILES string of the molecule is Cc1sc(C(O)C2CC2)cc1Br. The van der Waals surface area contributed by atoms with Crippen LogP contribution in [0.15, 0.2) is 10.5 Å². The van der Waals surface area contributed by atoms with E-state index < -0.39 is 0 Å². The molecule has 1 N–H and O–H groups in total. The standard InChI is InChI=1S/C9H11BrOS/c1-5-7(10)4-8(12-5)9(11)6-2-3-6/h4,6,9,11H,2-3H2,1H3. The number of halogens is 1. The molecule has 66 valence electrons. The monoisotopic (exact) mass is 246 g/mol. The van der Waals surface area contributed by atoms with Crippen molar-refractivity contribution in [2.45, 2.75) is 25.9 Å². The fourth-order valence-corrected chi connectivity index (χ4v) is 2.91. The van der Waals surface area contributed by atoms with E-state index in [1.807, 2.05) is 6.07 Å². The quantitative estimate of drug-likeness (QED) is 0.850. The van der Waals surface area contributed by atoms with E-state index in [-0.39, 0.29) is 6.10 Å². The van der Waals surface area contributed by atoms with E-state index in [4.69, 9.17) is 0 Å². The number of thiophene rings is 1. The lowest BCUT2D eigenvalue weighted by atomic mass is 10.2. The Labute approximate surface area is 84.6 Å². The molecule has 0 spiro atoms. The molecule has 0 bridgehead atoms. The molecule has 1 aliphatic carbocycles. The van der Waals surface area contributed by atoms with Crippen LogP contribution >= 0.6 is 27.3 Å². The summed E-state index contributed by atoms with van der Waals surface area (Å²) >= 11 is 5.15. The summed E-state index contributed by atoms with van der Waals surface area (Å²) in [5.41, 5.74) is 0. The van der Waals surface area contributed by atoms with Crippen molar-refractivity contribution in [3.63, 3.8) is 0 Å². The first-order valence-electron chi connectivity index (χ1n) is 4.12. The van der Waals surface area contributed by atoms with Crippen LogP contribution in [0, 0.1) is 12.8 Å². The lowest BCUT2D eigenvalue weighted by molar-refractivity contribution is 0.157. The zero-order chi connectivity index (χ0) is 8.72. The van der Waals surface area contributed by atoms with E-state index in [2.05, 4.69) is 22.9 Å². The lowest BCUT2D eigenvalue weighted by Crippen LogP contribution is -1.95. The third-order valence-electron chi connectivity index (χ3n) is 2.24. The highest BCUT2D eigenvalue weighted by molar-refractivity contribution is 9.10. The minimum atomic E-state index is -0.208. The maximum atomic E-state index is 9.79. The van der Waals surface area contributed by atoms with E-state index in [0.29, 0.717) is 5.92 Å². The van der Waals surface area contributed by atoms with Gasteiger partial charge in [-0.25, -0.2) is 0 Å². The molecule has 1 saturated carbocycles. The van der Waals surface area contributed by atoms with Gasteiger partial charge in [-0.15, -0.1) is 11.3 Å². The van der Waals surface area contributed by atoms with E-state index in [9.17, 15) is 5.11 Å². The summed E-state index contributed by atoms with van der Waals surface area (Å²) in [6.45, 7) is 2.07. The number of hydrogen-bond acceptors (Lipinski definition) is 2. The molecule has 1 nitrogen and oxygen atoms in total. The first-order valence-corrected chi connectivity index (χ1v) is 5.73. The first kappa shape index (κ1) is 8.73. The van der Waals surface area contributed by atoms with E-state index in [0.717, 1.165) is 9.35 Å². The van der Waals surface area contributed by atoms with Crippen molar-refractivity contribution in [3.05, 3.63) is 20.3 Å². The van der Waals surface area contributed by atoms with Crippen LogP contribution in [0.3, 0.4) is 0 Å². The number of aryl methyl sites for hydroxylation is 1. The fraction of sp³-hybridized carbons (Fsp3) is 0.556. The smallest absolute Gasteiger partial charge is 0.0910 e. The van der Waals surface area contributed by atoms with Gasteiger partial charge in [0.2, 0.25) is 0 Å². The van der Waals surface area contributed by atoms with Crippen LogP contribution in [0.2, 0.25) is 0 Å². The second-order valence-electron chi connectivity index (χ2n) is 3.34. The molecule has 1 aromatic rings. The largest absolute Gasteiger partial charge is 0.387 e. The van der Waals surface area contributed by atoms with Gasteiger partial charge >= 0.3 is 0 Å². The Bertz CT molecular complexity index is 271. The molecule has 0 aromatic carbocycles. The van der Waals surface area contributed by atoms with Crippen LogP contribution in [0.5, 0.6) is 0 Å². The van der Waals surface area contributed by atoms with Crippen LogP contribution in [0.1, 0.15) is 28.7 Å². The van der Waals surface area contributed by atoms with E-state index >= 15 is 0 Å². The molecule has 1 heterocycles. The number of rotatable bonds is 2. The van der Waals surface area contributed by atoms with Gasteiger partial charge in [-0.05, 0) is 47.7 Å². The summed E-state index contributed by atoms with van der Waals surface area (Å²) in [5.74, 6) is 0.537. The molecular formula is C9H11BrOS. The zero-order valence-corrected chi connectivity index (χ0v) is 9.28. The summed E-state index contributed by atoms with van der Waals surface area (Å²) in [5, 5.41) is 9.79. The molecule has 3 heteroatoms. The maximum absolute atomic E-state index is 9.79. The van der Waals surface area contributed by atoms with Gasteiger partial charge in [-0.1, -0.05) is 0 Å². The van der Waals surface area contributed by atoms with Crippen LogP contribution < -0.4 is 0 Å². The molecule has 2 rings (SSSR count). The molecule has 1 atom stereocenters. The molecule has 1 aromatic heterocycles. The maximum Gasteiger partial charge on any atom is 0.0910 e. The summed E-state index contributed by atoms with van der Waals surface area (Å²) in [6, 6.07) is 2.04. The number of aliphatic hydroxyl groups is 1. The normalized spacial score (nSPS) is 19.6. The van der Waals surface area contributed by atoms with E-state index in [1.54, 1.807) is 11.3 Å². The van der Waals surface area contributed by atoms with Crippen molar-refractivity contribution in [2.75, 3.05) is 0 Å². The van der Waals surface area contributed by atoms with Gasteiger partial charge in [0.1, 0.15) is 0 Å². The summed E-state index contributed by atoms with van der Waals surface area (Å²) in [7, 11) is 0. The van der Waals surface area contributed by atoms with E-state index in [1.165, 1.54) is 17.7 Å². The molecule has 0 amide bonds. The summed E-state index contributed by atoms with van der Waals surface area (Å²) < 4.78 is 1.13. The molecule has 1 aliphatic rings. The Kier molecular flexibility index (Phi) is 2.27. The molecule has 0 saturated heterocycles. The molecule has 0 aliphatic heterocycles. The number of hydrogen-bond donors (Lipinski definition) is 1. The Hall–Kier alpha value is 0.140. The highest BCUT2D eigenvalue weighted by atomic mass is 79.9. The van der Waals surface area contributed by atoms with Crippen molar-refractivity contribution in [1.82, 2.24) is 0 Å². The highest BCUT2D eigenvalue weighted by Crippen LogP contribution is 2.44. The molecular weight excluding hydrogens is 236 g/mol. The average Bonchev–Trinajstić information content (AvgIpc) is 2.80. The predicted molar refractivity (Wildman–Crippen MR) is 54.4 cm³/mol. The van der Waals surface area contributed by atoms with Crippen molar-refractivity contribution in [1.29, 1.82) is 0 Å². The van der Waals surface area contributed by atoms with Gasteiger partial charge in [0.05, 0.1) is 6.10 Å². The van der Waals surface area contributed by atoms with Crippen molar-refractivity contribution >= 4 is 27.3 Å². The zero-order valence-electron chi connectivity index (χ0n) is 6.88. The van der Waals surface area contributed by atoms with Gasteiger partial charge in [0.25, 0.3) is 0 Å². The highest BCUT2D eigenvalue weighted by Gasteiger charge is 2.31. The third-order valence-corrected chi connectivity index (χ3v) is 4.44. The Morgan fingerprint density at radius 1 is 1.67 bits per heavy atom. The topological polar surface area (TPSA) is 20.2 Å². The van der Waals surface area contributed by atoms with Crippen LogP contribution in [-0.2, 0) is 0 Å². The van der Waals surface area contributed by atoms with Crippen molar-refractivity contribution < 1.29 is 5.11 Å². The van der Waals surface area contributed by atoms with Crippen molar-refractivity contribution in [2.24, 2.45) is 5.92 Å². The van der Waals surface area contributed by atoms with Crippen molar-refractivity contribution in [3.8, 4) is 0 Å². The Morgan fingerprint density at radius 3 is 2.75 bits per heavy atom. The lowest BCUT2D eigenvalue weighted by Gasteiger charge is -2.04. The second kappa shape index (κ2) is 3.13. The van der Waals surface area contributed by atoms with Gasteiger partial charge < -0.3 is 5.11 Å². The molecule has 12 heavy (non-hydrogen) atoms. The van der Waals surface area contributed by atoms with Gasteiger partial charge in [0.15, 0.2) is 0 Å². The Balaban J connectivity index is 2.21. The van der Waals surface area contributed by atoms with Gasteiger partial charge in [-0.3, -0.25) is 0 Å². The molecule has 1 fully saturated rings. The molecule has 0 radical (unpaired) electrons. The minimum Gasteiger partial charge on any atom is -0.387 e.